The average Bonchev–Trinajstić information content (AvgIpc) is 2.61. The SMILES string of the molecule is Cc1ccc(CSCCNC(=O)c2cc(S(=O)(=O)NC(C)(C)C)ccc2Br)cc1. The number of halogens is 1. The quantitative estimate of drug-likeness (QED) is 0.525. The first kappa shape index (κ1) is 23.9. The Balaban J connectivity index is 1.93. The summed E-state index contributed by atoms with van der Waals surface area (Å²) in [6.45, 7) is 7.87. The van der Waals surface area contributed by atoms with E-state index in [4.69, 9.17) is 0 Å². The van der Waals surface area contributed by atoms with Crippen LogP contribution < -0.4 is 10.0 Å². The fourth-order valence-corrected chi connectivity index (χ4v) is 5.20. The third kappa shape index (κ3) is 7.77. The van der Waals surface area contributed by atoms with E-state index in [1.807, 2.05) is 0 Å². The monoisotopic (exact) mass is 498 g/mol. The summed E-state index contributed by atoms with van der Waals surface area (Å²) in [6.07, 6.45) is 0. The minimum absolute atomic E-state index is 0.0644. The van der Waals surface area contributed by atoms with Gasteiger partial charge in [0, 0.05) is 28.1 Å². The molecule has 0 fully saturated rings. The number of carbonyl (C=O) groups is 1. The van der Waals surface area contributed by atoms with Crippen LogP contribution in [0.2, 0.25) is 0 Å². The van der Waals surface area contributed by atoms with E-state index in [1.54, 1.807) is 38.6 Å². The van der Waals surface area contributed by atoms with E-state index in [0.29, 0.717) is 16.6 Å². The van der Waals surface area contributed by atoms with E-state index in [9.17, 15) is 13.2 Å². The summed E-state index contributed by atoms with van der Waals surface area (Å²) in [7, 11) is -3.71. The lowest BCUT2D eigenvalue weighted by atomic mass is 10.1. The van der Waals surface area contributed by atoms with Gasteiger partial charge in [0.1, 0.15) is 0 Å². The van der Waals surface area contributed by atoms with Crippen molar-refractivity contribution in [3.8, 4) is 0 Å². The van der Waals surface area contributed by atoms with Gasteiger partial charge in [0.15, 0.2) is 0 Å². The average molecular weight is 499 g/mol. The van der Waals surface area contributed by atoms with Gasteiger partial charge in [-0.25, -0.2) is 13.1 Å². The summed E-state index contributed by atoms with van der Waals surface area (Å²) in [5.41, 5.74) is 2.17. The Morgan fingerprint density at radius 2 is 1.76 bits per heavy atom. The molecule has 2 aromatic rings. The zero-order chi connectivity index (χ0) is 21.7. The van der Waals surface area contributed by atoms with Crippen LogP contribution >= 0.6 is 27.7 Å². The Kier molecular flexibility index (Phi) is 8.34. The van der Waals surface area contributed by atoms with Crippen LogP contribution in [-0.4, -0.2) is 32.2 Å². The molecule has 0 aromatic heterocycles. The number of nitrogens with one attached hydrogen (secondary N) is 2. The topological polar surface area (TPSA) is 75.3 Å². The molecule has 0 atom stereocenters. The van der Waals surface area contributed by atoms with Crippen molar-refractivity contribution in [3.05, 3.63) is 63.6 Å². The molecule has 158 valence electrons. The minimum Gasteiger partial charge on any atom is -0.351 e. The molecule has 0 spiro atoms. The number of sulfonamides is 1. The van der Waals surface area contributed by atoms with E-state index >= 15 is 0 Å². The van der Waals surface area contributed by atoms with Crippen LogP contribution in [0.1, 0.15) is 42.3 Å². The van der Waals surface area contributed by atoms with Crippen molar-refractivity contribution in [2.75, 3.05) is 12.3 Å². The van der Waals surface area contributed by atoms with E-state index in [-0.39, 0.29) is 10.8 Å². The molecule has 5 nitrogen and oxygen atoms in total. The van der Waals surface area contributed by atoms with Gasteiger partial charge >= 0.3 is 0 Å². The normalized spacial score (nSPS) is 12.0. The Morgan fingerprint density at radius 1 is 1.10 bits per heavy atom. The second-order valence-corrected chi connectivity index (χ2v) is 11.4. The molecule has 0 aliphatic carbocycles. The molecule has 0 heterocycles. The molecule has 0 bridgehead atoms. The minimum atomic E-state index is -3.71. The first-order valence-corrected chi connectivity index (χ1v) is 12.7. The van der Waals surface area contributed by atoms with Crippen LogP contribution in [0.4, 0.5) is 0 Å². The molecule has 0 saturated carbocycles. The fraction of sp³-hybridized carbons (Fsp3) is 0.381. The highest BCUT2D eigenvalue weighted by Gasteiger charge is 2.23. The maximum atomic E-state index is 12.5. The number of thioether (sulfide) groups is 1. The van der Waals surface area contributed by atoms with Crippen LogP contribution in [0.5, 0.6) is 0 Å². The molecule has 2 rings (SSSR count). The van der Waals surface area contributed by atoms with Gasteiger partial charge in [-0.1, -0.05) is 29.8 Å². The summed E-state index contributed by atoms with van der Waals surface area (Å²) < 4.78 is 28.2. The van der Waals surface area contributed by atoms with Gasteiger partial charge in [0.2, 0.25) is 10.0 Å². The van der Waals surface area contributed by atoms with Crippen molar-refractivity contribution in [1.29, 1.82) is 0 Å². The molecule has 1 amide bonds. The Bertz CT molecular complexity index is 953. The van der Waals surface area contributed by atoms with E-state index in [1.165, 1.54) is 23.3 Å². The van der Waals surface area contributed by atoms with Crippen molar-refractivity contribution < 1.29 is 13.2 Å². The van der Waals surface area contributed by atoms with E-state index < -0.39 is 15.6 Å². The largest absolute Gasteiger partial charge is 0.351 e. The van der Waals surface area contributed by atoms with E-state index in [2.05, 4.69) is 57.2 Å². The molecule has 8 heteroatoms. The maximum Gasteiger partial charge on any atom is 0.252 e. The zero-order valence-electron chi connectivity index (χ0n) is 17.1. The number of hydrogen-bond donors (Lipinski definition) is 2. The molecule has 2 aromatic carbocycles. The highest BCUT2D eigenvalue weighted by Crippen LogP contribution is 2.22. The summed E-state index contributed by atoms with van der Waals surface area (Å²) in [5, 5.41) is 2.86. The number of amides is 1. The maximum absolute atomic E-state index is 12.5. The second kappa shape index (κ2) is 10.1. The van der Waals surface area contributed by atoms with Crippen LogP contribution in [0.3, 0.4) is 0 Å². The number of hydrogen-bond acceptors (Lipinski definition) is 4. The van der Waals surface area contributed by atoms with Gasteiger partial charge in [0.05, 0.1) is 10.5 Å². The standard InChI is InChI=1S/C21H27BrN2O3S2/c1-15-5-7-16(8-6-15)14-28-12-11-23-20(25)18-13-17(9-10-19(18)22)29(26,27)24-21(2,3)4/h5-10,13,24H,11-12,14H2,1-4H3,(H,23,25). The van der Waals surface area contributed by atoms with Crippen molar-refractivity contribution in [3.63, 3.8) is 0 Å². The second-order valence-electron chi connectivity index (χ2n) is 7.79. The van der Waals surface area contributed by atoms with Gasteiger partial charge in [-0.15, -0.1) is 0 Å². The Hall–Kier alpha value is -1.35. The van der Waals surface area contributed by atoms with Crippen molar-refractivity contribution in [2.45, 2.75) is 43.9 Å². The third-order valence-corrected chi connectivity index (χ3v) is 7.33. The number of benzene rings is 2. The lowest BCUT2D eigenvalue weighted by Crippen LogP contribution is -2.40. The zero-order valence-corrected chi connectivity index (χ0v) is 20.3. The van der Waals surface area contributed by atoms with Gasteiger partial charge in [-0.05, 0) is 67.4 Å². The summed E-state index contributed by atoms with van der Waals surface area (Å²) in [4.78, 5) is 12.6. The molecule has 0 saturated heterocycles. The number of aryl methyl sites for hydroxylation is 1. The van der Waals surface area contributed by atoms with Gasteiger partial charge in [-0.2, -0.15) is 11.8 Å². The summed E-state index contributed by atoms with van der Waals surface area (Å²) in [6, 6.07) is 12.8. The van der Waals surface area contributed by atoms with Gasteiger partial charge in [0.25, 0.3) is 5.91 Å². The molecule has 0 unspecified atom stereocenters. The molecular formula is C21H27BrN2O3S2. The summed E-state index contributed by atoms with van der Waals surface area (Å²) in [5.74, 6) is 1.34. The van der Waals surface area contributed by atoms with Crippen molar-refractivity contribution in [2.24, 2.45) is 0 Å². The molecular weight excluding hydrogens is 472 g/mol. The number of rotatable bonds is 8. The predicted molar refractivity (Wildman–Crippen MR) is 124 cm³/mol. The third-order valence-electron chi connectivity index (χ3n) is 3.85. The summed E-state index contributed by atoms with van der Waals surface area (Å²) >= 11 is 5.07. The van der Waals surface area contributed by atoms with Crippen LogP contribution in [-0.2, 0) is 15.8 Å². The van der Waals surface area contributed by atoms with Gasteiger partial charge < -0.3 is 5.32 Å². The first-order chi connectivity index (χ1) is 13.5. The first-order valence-electron chi connectivity index (χ1n) is 9.23. The lowest BCUT2D eigenvalue weighted by molar-refractivity contribution is 0.0955. The van der Waals surface area contributed by atoms with Crippen LogP contribution in [0.15, 0.2) is 51.8 Å². The highest BCUT2D eigenvalue weighted by molar-refractivity contribution is 9.10. The Morgan fingerprint density at radius 3 is 2.38 bits per heavy atom. The smallest absolute Gasteiger partial charge is 0.252 e. The molecule has 29 heavy (non-hydrogen) atoms. The van der Waals surface area contributed by atoms with E-state index in [0.717, 1.165) is 11.5 Å². The molecule has 0 radical (unpaired) electrons. The van der Waals surface area contributed by atoms with Crippen molar-refractivity contribution in [1.82, 2.24) is 10.0 Å². The predicted octanol–water partition coefficient (Wildman–Crippen LogP) is 4.50. The Labute approximate surface area is 186 Å². The molecule has 0 aliphatic rings. The molecule has 2 N–H and O–H groups in total. The van der Waals surface area contributed by atoms with Crippen LogP contribution in [0, 0.1) is 6.92 Å². The van der Waals surface area contributed by atoms with Crippen molar-refractivity contribution >= 4 is 43.6 Å². The van der Waals surface area contributed by atoms with Crippen LogP contribution in [0.25, 0.3) is 0 Å². The van der Waals surface area contributed by atoms with Gasteiger partial charge in [-0.3, -0.25) is 4.79 Å². The highest BCUT2D eigenvalue weighted by atomic mass is 79.9. The lowest BCUT2D eigenvalue weighted by Gasteiger charge is -2.20. The molecule has 0 aliphatic heterocycles. The fourth-order valence-electron chi connectivity index (χ4n) is 2.51. The number of carbonyl (C=O) groups excluding carboxylic acids is 1.